The van der Waals surface area contributed by atoms with Crippen molar-refractivity contribution >= 4 is 23.1 Å². The van der Waals surface area contributed by atoms with Crippen molar-refractivity contribution in [3.05, 3.63) is 52.6 Å². The molecule has 0 spiro atoms. The number of halogens is 1. The van der Waals surface area contributed by atoms with Crippen LogP contribution in [-0.4, -0.2) is 11.9 Å². The van der Waals surface area contributed by atoms with Gasteiger partial charge in [0.05, 0.1) is 6.10 Å². The van der Waals surface area contributed by atoms with Crippen LogP contribution in [0.5, 0.6) is 0 Å². The highest BCUT2D eigenvalue weighted by molar-refractivity contribution is 6.31. The van der Waals surface area contributed by atoms with Gasteiger partial charge < -0.3 is 4.74 Å². The van der Waals surface area contributed by atoms with Crippen LogP contribution in [0.1, 0.15) is 29.8 Å². The number of rotatable bonds is 2. The molecular weight excluding hydrogens is 236 g/mol. The van der Waals surface area contributed by atoms with Crippen LogP contribution < -0.4 is 0 Å². The molecular formula is C14H13ClO2. The minimum Gasteiger partial charge on any atom is -0.490 e. The highest BCUT2D eigenvalue weighted by Crippen LogP contribution is 2.32. The number of hydrogen-bond acceptors (Lipinski definition) is 2. The maximum Gasteiger partial charge on any atom is 0.193 e. The average molecular weight is 249 g/mol. The lowest BCUT2D eigenvalue weighted by Gasteiger charge is -2.20. The van der Waals surface area contributed by atoms with Crippen molar-refractivity contribution in [2.75, 3.05) is 0 Å². The molecule has 2 nitrogen and oxygen atoms in total. The Hall–Kier alpha value is -1.54. The summed E-state index contributed by atoms with van der Waals surface area (Å²) in [5, 5.41) is 0.585. The first-order valence-electron chi connectivity index (χ1n) is 5.41. The second-order valence-electron chi connectivity index (χ2n) is 4.22. The van der Waals surface area contributed by atoms with Gasteiger partial charge in [0, 0.05) is 21.7 Å². The lowest BCUT2D eigenvalue weighted by molar-refractivity contribution is 0.103. The Bertz CT molecular complexity index is 527. The molecule has 1 aliphatic rings. The van der Waals surface area contributed by atoms with Crippen molar-refractivity contribution < 1.29 is 9.53 Å². The van der Waals surface area contributed by atoms with Crippen LogP contribution in [0.3, 0.4) is 0 Å². The van der Waals surface area contributed by atoms with Crippen molar-refractivity contribution in [1.82, 2.24) is 0 Å². The van der Waals surface area contributed by atoms with Gasteiger partial charge in [-0.25, -0.2) is 0 Å². The summed E-state index contributed by atoms with van der Waals surface area (Å²) in [7, 11) is 0. The fourth-order valence-corrected chi connectivity index (χ4v) is 1.92. The minimum atomic E-state index is -0.0761. The van der Waals surface area contributed by atoms with E-state index < -0.39 is 0 Å². The van der Waals surface area contributed by atoms with Gasteiger partial charge in [-0.3, -0.25) is 4.79 Å². The fraction of sp³-hybridized carbons (Fsp3) is 0.214. The maximum absolute atomic E-state index is 11.9. The van der Waals surface area contributed by atoms with Crippen molar-refractivity contribution in [2.24, 2.45) is 0 Å². The molecule has 0 heterocycles. The molecule has 17 heavy (non-hydrogen) atoms. The summed E-state index contributed by atoms with van der Waals surface area (Å²) in [4.78, 5) is 11.9. The van der Waals surface area contributed by atoms with Crippen LogP contribution in [0.15, 0.2) is 36.4 Å². The van der Waals surface area contributed by atoms with Crippen LogP contribution in [0.2, 0.25) is 5.02 Å². The molecule has 0 aliphatic heterocycles. The summed E-state index contributed by atoms with van der Waals surface area (Å²) >= 11 is 5.95. The third-order valence-electron chi connectivity index (χ3n) is 2.45. The van der Waals surface area contributed by atoms with E-state index in [4.69, 9.17) is 16.3 Å². The topological polar surface area (TPSA) is 26.3 Å². The Morgan fingerprint density at radius 3 is 2.65 bits per heavy atom. The van der Waals surface area contributed by atoms with Gasteiger partial charge in [0.25, 0.3) is 0 Å². The Morgan fingerprint density at radius 1 is 1.29 bits per heavy atom. The molecule has 0 atom stereocenters. The van der Waals surface area contributed by atoms with Crippen molar-refractivity contribution in [3.8, 4) is 0 Å². The highest BCUT2D eigenvalue weighted by Gasteiger charge is 2.23. The van der Waals surface area contributed by atoms with Crippen molar-refractivity contribution in [1.29, 1.82) is 0 Å². The van der Waals surface area contributed by atoms with Crippen LogP contribution in [-0.2, 0) is 4.74 Å². The standard InChI is InChI=1S/C14H13ClO2/c1-8(2)17-13-6-9(3)14(16)11-5-4-10(15)7-12(11)13/h4-8H,3H2,1-2H3. The zero-order chi connectivity index (χ0) is 12.6. The van der Waals surface area contributed by atoms with E-state index in [0.29, 0.717) is 21.9 Å². The second kappa shape index (κ2) is 4.38. The minimum absolute atomic E-state index is 0.0362. The van der Waals surface area contributed by atoms with Crippen molar-refractivity contribution in [2.45, 2.75) is 20.0 Å². The summed E-state index contributed by atoms with van der Waals surface area (Å²) in [5.74, 6) is 0.579. The molecule has 0 amide bonds. The van der Waals surface area contributed by atoms with Gasteiger partial charge >= 0.3 is 0 Å². The van der Waals surface area contributed by atoms with Crippen molar-refractivity contribution in [3.63, 3.8) is 0 Å². The monoisotopic (exact) mass is 248 g/mol. The quantitative estimate of drug-likeness (QED) is 0.743. The molecule has 0 radical (unpaired) electrons. The normalized spacial score (nSPS) is 14.7. The second-order valence-corrected chi connectivity index (χ2v) is 4.66. The predicted molar refractivity (Wildman–Crippen MR) is 69.1 cm³/mol. The number of ether oxygens (including phenoxy) is 1. The number of carbonyl (C=O) groups is 1. The summed E-state index contributed by atoms with van der Waals surface area (Å²) < 4.78 is 5.68. The molecule has 1 aliphatic carbocycles. The largest absolute Gasteiger partial charge is 0.490 e. The number of benzene rings is 1. The molecule has 0 N–H and O–H groups in total. The van der Waals surface area contributed by atoms with Gasteiger partial charge in [-0.1, -0.05) is 18.2 Å². The number of ketones is 1. The number of allylic oxidation sites excluding steroid dienone is 2. The third-order valence-corrected chi connectivity index (χ3v) is 2.69. The van der Waals surface area contributed by atoms with Gasteiger partial charge in [0.2, 0.25) is 0 Å². The molecule has 0 unspecified atom stereocenters. The highest BCUT2D eigenvalue weighted by atomic mass is 35.5. The van der Waals surface area contributed by atoms with E-state index in [1.54, 1.807) is 24.3 Å². The van der Waals surface area contributed by atoms with E-state index in [0.717, 1.165) is 5.56 Å². The van der Waals surface area contributed by atoms with E-state index in [-0.39, 0.29) is 11.9 Å². The molecule has 1 aromatic carbocycles. The zero-order valence-corrected chi connectivity index (χ0v) is 10.5. The van der Waals surface area contributed by atoms with Gasteiger partial charge in [-0.05, 0) is 38.1 Å². The van der Waals surface area contributed by atoms with Crippen LogP contribution >= 0.6 is 11.6 Å². The van der Waals surface area contributed by atoms with E-state index in [9.17, 15) is 4.79 Å². The first-order chi connectivity index (χ1) is 7.99. The van der Waals surface area contributed by atoms with E-state index in [1.165, 1.54) is 0 Å². The fourth-order valence-electron chi connectivity index (χ4n) is 1.74. The third kappa shape index (κ3) is 2.27. The Morgan fingerprint density at radius 2 is 2.00 bits per heavy atom. The number of hydrogen-bond donors (Lipinski definition) is 0. The lowest BCUT2D eigenvalue weighted by Crippen LogP contribution is -2.13. The smallest absolute Gasteiger partial charge is 0.193 e. The molecule has 0 saturated carbocycles. The zero-order valence-electron chi connectivity index (χ0n) is 9.79. The number of carbonyl (C=O) groups excluding carboxylic acids is 1. The lowest BCUT2D eigenvalue weighted by atomic mass is 9.92. The summed E-state index contributed by atoms with van der Waals surface area (Å²) in [5.41, 5.74) is 1.77. The number of Topliss-reactive ketones (excluding diaryl/α,β-unsaturated/α-hetero) is 1. The first-order valence-corrected chi connectivity index (χ1v) is 5.78. The van der Waals surface area contributed by atoms with E-state index in [1.807, 2.05) is 13.8 Å². The molecule has 0 aromatic heterocycles. The van der Waals surface area contributed by atoms with Crippen LogP contribution in [0.25, 0.3) is 5.76 Å². The molecule has 2 rings (SSSR count). The summed E-state index contributed by atoms with van der Waals surface area (Å²) in [6.45, 7) is 7.60. The Kier molecular flexibility index (Phi) is 3.07. The molecule has 0 bridgehead atoms. The van der Waals surface area contributed by atoms with Gasteiger partial charge in [0.1, 0.15) is 5.76 Å². The Labute approximate surface area is 106 Å². The van der Waals surface area contributed by atoms with E-state index in [2.05, 4.69) is 6.58 Å². The molecule has 3 heteroatoms. The maximum atomic E-state index is 11.9. The van der Waals surface area contributed by atoms with Crippen LogP contribution in [0, 0.1) is 0 Å². The molecule has 0 fully saturated rings. The van der Waals surface area contributed by atoms with Gasteiger partial charge in [0.15, 0.2) is 5.78 Å². The summed E-state index contributed by atoms with van der Waals surface area (Å²) in [6.07, 6.45) is 1.70. The predicted octanol–water partition coefficient (Wildman–Crippen LogP) is 3.86. The van der Waals surface area contributed by atoms with Crippen LogP contribution in [0.4, 0.5) is 0 Å². The average Bonchev–Trinajstić information content (AvgIpc) is 2.25. The molecule has 0 saturated heterocycles. The number of fused-ring (bicyclic) bond motifs is 1. The SMILES string of the molecule is C=C1C=C(OC(C)C)c2cc(Cl)ccc2C1=O. The van der Waals surface area contributed by atoms with Gasteiger partial charge in [-0.2, -0.15) is 0 Å². The van der Waals surface area contributed by atoms with E-state index >= 15 is 0 Å². The Balaban J connectivity index is 2.55. The first kappa shape index (κ1) is 11.9. The summed E-state index contributed by atoms with van der Waals surface area (Å²) in [6, 6.07) is 5.15. The molecule has 1 aromatic rings. The van der Waals surface area contributed by atoms with Gasteiger partial charge in [-0.15, -0.1) is 0 Å². The molecule has 88 valence electrons.